The lowest BCUT2D eigenvalue weighted by Gasteiger charge is -2.20. The van der Waals surface area contributed by atoms with Crippen molar-refractivity contribution in [1.29, 1.82) is 0 Å². The van der Waals surface area contributed by atoms with Crippen LogP contribution in [0.2, 0.25) is 6.04 Å². The lowest BCUT2D eigenvalue weighted by molar-refractivity contribution is 0.402. The zero-order valence-corrected chi connectivity index (χ0v) is 8.91. The molecule has 0 radical (unpaired) electrons. The van der Waals surface area contributed by atoms with Crippen LogP contribution in [0.5, 0.6) is 0 Å². The van der Waals surface area contributed by atoms with Gasteiger partial charge in [-0.3, -0.25) is 0 Å². The van der Waals surface area contributed by atoms with Crippen molar-refractivity contribution in [2.24, 2.45) is 5.41 Å². The lowest BCUT2D eigenvalue weighted by Crippen LogP contribution is -2.23. The van der Waals surface area contributed by atoms with Gasteiger partial charge in [0.2, 0.25) is 0 Å². The van der Waals surface area contributed by atoms with E-state index in [4.69, 9.17) is 9.53 Å². The first-order chi connectivity index (χ1) is 4.50. The smallest absolute Gasteiger partial charge is 0.162 e. The summed E-state index contributed by atoms with van der Waals surface area (Å²) in [6.07, 6.45) is 0. The summed E-state index contributed by atoms with van der Waals surface area (Å²) >= 11 is 4.67. The van der Waals surface area contributed by atoms with Crippen molar-refractivity contribution in [2.75, 3.05) is 7.11 Å². The molecule has 0 atom stereocenters. The van der Waals surface area contributed by atoms with Crippen molar-refractivity contribution in [2.45, 2.75) is 19.9 Å². The van der Waals surface area contributed by atoms with E-state index in [9.17, 15) is 0 Å². The average molecular weight is 178 g/mol. The van der Waals surface area contributed by atoms with Crippen LogP contribution in [0, 0.1) is 5.41 Å². The summed E-state index contributed by atoms with van der Waals surface area (Å²) in [4.78, 5) is 0. The van der Waals surface area contributed by atoms with Crippen LogP contribution in [0.25, 0.3) is 0 Å². The van der Waals surface area contributed by atoms with Gasteiger partial charge in [-0.1, -0.05) is 13.8 Å². The number of thiocarbonyl (C=S) groups is 1. The van der Waals surface area contributed by atoms with Crippen molar-refractivity contribution in [3.8, 4) is 0 Å². The van der Waals surface area contributed by atoms with Crippen molar-refractivity contribution in [3.05, 3.63) is 0 Å². The van der Waals surface area contributed by atoms with Gasteiger partial charge in [-0.25, -0.2) is 0 Å². The molecule has 4 heteroatoms. The molecule has 0 rings (SSSR count). The van der Waals surface area contributed by atoms with E-state index in [0.29, 0.717) is 0 Å². The van der Waals surface area contributed by atoms with E-state index >= 15 is 0 Å². The van der Waals surface area contributed by atoms with Crippen LogP contribution in [0.1, 0.15) is 13.8 Å². The van der Waals surface area contributed by atoms with E-state index in [1.807, 2.05) is 13.8 Å². The number of aliphatic hydroxyl groups is 1. The summed E-state index contributed by atoms with van der Waals surface area (Å²) in [5.41, 5.74) is -0.225. The summed E-state index contributed by atoms with van der Waals surface area (Å²) in [6, 6.07) is 0.902. The first-order valence-electron chi connectivity index (χ1n) is 3.23. The van der Waals surface area contributed by atoms with Gasteiger partial charge in [0.25, 0.3) is 0 Å². The number of aliphatic hydroxyl groups excluding tert-OH is 1. The van der Waals surface area contributed by atoms with Gasteiger partial charge in [-0.05, 0) is 18.3 Å². The maximum absolute atomic E-state index is 9.00. The highest BCUT2D eigenvalue weighted by atomic mass is 32.1. The van der Waals surface area contributed by atoms with E-state index in [1.165, 1.54) is 0 Å². The van der Waals surface area contributed by atoms with Crippen LogP contribution in [0.15, 0.2) is 0 Å². The van der Waals surface area contributed by atoms with E-state index in [0.717, 1.165) is 6.04 Å². The van der Waals surface area contributed by atoms with Crippen molar-refractivity contribution < 1.29 is 9.53 Å². The molecule has 0 aromatic heterocycles. The predicted molar refractivity (Wildman–Crippen MR) is 49.4 cm³/mol. The molecule has 0 aliphatic heterocycles. The van der Waals surface area contributed by atoms with Gasteiger partial charge in [-0.15, -0.1) is 0 Å². The van der Waals surface area contributed by atoms with Gasteiger partial charge in [0.05, 0.1) is 0 Å². The van der Waals surface area contributed by atoms with Crippen LogP contribution < -0.4 is 0 Å². The molecule has 0 saturated carbocycles. The number of hydrogen-bond acceptors (Lipinski definition) is 2. The second-order valence-corrected chi connectivity index (χ2v) is 4.80. The van der Waals surface area contributed by atoms with E-state index in [2.05, 4.69) is 12.2 Å². The molecule has 0 aromatic rings. The second kappa shape index (κ2) is 4.05. The first kappa shape index (κ1) is 10.1. The molecule has 0 saturated heterocycles. The molecule has 60 valence electrons. The quantitative estimate of drug-likeness (QED) is 0.515. The van der Waals surface area contributed by atoms with E-state index < -0.39 is 9.76 Å². The van der Waals surface area contributed by atoms with Crippen LogP contribution >= 0.6 is 12.2 Å². The van der Waals surface area contributed by atoms with Crippen molar-refractivity contribution in [1.82, 2.24) is 0 Å². The molecule has 0 amide bonds. The van der Waals surface area contributed by atoms with Gasteiger partial charge in [-0.2, -0.15) is 0 Å². The first-order valence-corrected chi connectivity index (χ1v) is 5.21. The Morgan fingerprint density at radius 2 is 2.20 bits per heavy atom. The van der Waals surface area contributed by atoms with Crippen LogP contribution in [-0.2, 0) is 4.43 Å². The molecule has 2 nitrogen and oxygen atoms in total. The second-order valence-electron chi connectivity index (χ2n) is 2.93. The van der Waals surface area contributed by atoms with Gasteiger partial charge in [0, 0.05) is 12.5 Å². The minimum absolute atomic E-state index is 0.0945. The summed E-state index contributed by atoms with van der Waals surface area (Å²) < 4.78 is 5.00. The van der Waals surface area contributed by atoms with Gasteiger partial charge >= 0.3 is 0 Å². The topological polar surface area (TPSA) is 29.5 Å². The predicted octanol–water partition coefficient (Wildman–Crippen LogP) is 1.05. The maximum Gasteiger partial charge on any atom is 0.162 e. The highest BCUT2D eigenvalue weighted by Gasteiger charge is 2.22. The largest absolute Gasteiger partial charge is 0.502 e. The minimum Gasteiger partial charge on any atom is -0.502 e. The lowest BCUT2D eigenvalue weighted by atomic mass is 9.98. The third-order valence-corrected chi connectivity index (χ3v) is 3.93. The molecule has 0 aliphatic carbocycles. The summed E-state index contributed by atoms with van der Waals surface area (Å²) in [6.45, 7) is 3.86. The standard InChI is InChI=1S/C6H14O2SSi/c1-6(2,5(7)9)4-10-8-3/h4,10H2,1-3H3,(H,7,9). The highest BCUT2D eigenvalue weighted by Crippen LogP contribution is 2.21. The molecule has 0 aromatic carbocycles. The molecule has 0 fully saturated rings. The molecular weight excluding hydrogens is 164 g/mol. The zero-order valence-electron chi connectivity index (χ0n) is 6.68. The summed E-state index contributed by atoms with van der Waals surface area (Å²) in [7, 11) is 1.22. The van der Waals surface area contributed by atoms with Crippen LogP contribution in [0.3, 0.4) is 0 Å². The number of rotatable bonds is 4. The fourth-order valence-electron chi connectivity index (χ4n) is 0.464. The Labute approximate surface area is 69.5 Å². The van der Waals surface area contributed by atoms with E-state index in [-0.39, 0.29) is 10.5 Å². The highest BCUT2D eigenvalue weighted by molar-refractivity contribution is 7.80. The normalized spacial score (nSPS) is 12.7. The molecule has 0 aliphatic rings. The molecular formula is C6H14O2SSi. The molecule has 0 heterocycles. The minimum atomic E-state index is -0.473. The van der Waals surface area contributed by atoms with Gasteiger partial charge < -0.3 is 9.53 Å². The fraction of sp³-hybridized carbons (Fsp3) is 0.833. The summed E-state index contributed by atoms with van der Waals surface area (Å²) in [5, 5.41) is 9.10. The Kier molecular flexibility index (Phi) is 4.08. The Morgan fingerprint density at radius 3 is 2.50 bits per heavy atom. The molecule has 10 heavy (non-hydrogen) atoms. The maximum atomic E-state index is 9.00. The molecule has 0 bridgehead atoms. The van der Waals surface area contributed by atoms with Gasteiger partial charge in [0.1, 0.15) is 0 Å². The van der Waals surface area contributed by atoms with Crippen molar-refractivity contribution >= 4 is 27.0 Å². The fourth-order valence-corrected chi connectivity index (χ4v) is 1.70. The third-order valence-electron chi connectivity index (χ3n) is 1.51. The van der Waals surface area contributed by atoms with Crippen LogP contribution in [0.4, 0.5) is 0 Å². The Bertz CT molecular complexity index is 125. The third kappa shape index (κ3) is 3.29. The number of hydrogen-bond donors (Lipinski definition) is 1. The molecule has 0 unspecified atom stereocenters. The Hall–Kier alpha value is 0.0669. The summed E-state index contributed by atoms with van der Waals surface area (Å²) in [5.74, 6) is 0. The molecule has 1 N–H and O–H groups in total. The monoisotopic (exact) mass is 178 g/mol. The Balaban J connectivity index is 3.75. The molecule has 0 spiro atoms. The van der Waals surface area contributed by atoms with Crippen LogP contribution in [-0.4, -0.2) is 27.0 Å². The zero-order chi connectivity index (χ0) is 8.20. The van der Waals surface area contributed by atoms with E-state index in [1.54, 1.807) is 7.11 Å². The SMILES string of the molecule is CO[SiH2]CC(C)(C)C(O)=S. The Morgan fingerprint density at radius 1 is 1.70 bits per heavy atom. The average Bonchev–Trinajstić information content (AvgIpc) is 1.84. The van der Waals surface area contributed by atoms with Gasteiger partial charge in [0.15, 0.2) is 14.8 Å². The van der Waals surface area contributed by atoms with Crippen molar-refractivity contribution in [3.63, 3.8) is 0 Å².